The molecule has 32 heavy (non-hydrogen) atoms. The van der Waals surface area contributed by atoms with E-state index in [1.165, 1.54) is 17.6 Å². The number of rotatable bonds is 5. The van der Waals surface area contributed by atoms with E-state index in [4.69, 9.17) is 0 Å². The Morgan fingerprint density at radius 2 is 1.97 bits per heavy atom. The molecular formula is C22H22FI2N5OS. The van der Waals surface area contributed by atoms with Crippen LogP contribution in [0.5, 0.6) is 0 Å². The van der Waals surface area contributed by atoms with Crippen molar-refractivity contribution in [2.24, 2.45) is 5.92 Å². The molecule has 10 heteroatoms. The number of fused-ring (bicyclic) bond motifs is 1. The summed E-state index contributed by atoms with van der Waals surface area (Å²) in [5.41, 5.74) is 3.02. The first-order valence-corrected chi connectivity index (χ1v) is 17.3. The molecule has 0 spiro atoms. The van der Waals surface area contributed by atoms with E-state index in [2.05, 4.69) is 104 Å². The van der Waals surface area contributed by atoms with Gasteiger partial charge in [0.05, 0.1) is 9.79 Å². The highest BCUT2D eigenvalue weighted by atomic mass is 127. The van der Waals surface area contributed by atoms with E-state index in [0.717, 1.165) is 36.2 Å². The number of nitrogens with zero attached hydrogens (tertiary/aromatic N) is 4. The summed E-state index contributed by atoms with van der Waals surface area (Å²) in [6.07, 6.45) is 4.79. The Bertz CT molecular complexity index is 1330. The molecule has 2 atom stereocenters. The fourth-order valence-electron chi connectivity index (χ4n) is 4.59. The first-order chi connectivity index (χ1) is 15.2. The van der Waals surface area contributed by atoms with Crippen LogP contribution in [0.1, 0.15) is 13.3 Å². The molecule has 1 saturated heterocycles. The van der Waals surface area contributed by atoms with Crippen LogP contribution in [-0.2, 0) is 10.1 Å². The van der Waals surface area contributed by atoms with Crippen LogP contribution in [-0.4, -0.2) is 41.1 Å². The summed E-state index contributed by atoms with van der Waals surface area (Å²) in [4.78, 5) is 0.670. The average Bonchev–Trinajstić information content (AvgIpc) is 3.49. The number of nitrogens with one attached hydrogen (secondary N) is 1. The maximum atomic E-state index is 14.2. The molecule has 1 aliphatic heterocycles. The second-order valence-corrected chi connectivity index (χ2v) is 25.6. The molecule has 168 valence electrons. The zero-order valence-electron chi connectivity index (χ0n) is 17.3. The summed E-state index contributed by atoms with van der Waals surface area (Å²) < 4.78 is 28.7. The number of hydrogen-bond donors (Lipinski definition) is 1. The smallest absolute Gasteiger partial charge is 0.123 e. The quantitative estimate of drug-likeness (QED) is 0.216. The third-order valence-corrected chi connectivity index (χ3v) is 14.5. The zero-order chi connectivity index (χ0) is 22.5. The van der Waals surface area contributed by atoms with Crippen LogP contribution in [0.4, 0.5) is 4.39 Å². The topological polar surface area (TPSA) is 66.8 Å². The van der Waals surface area contributed by atoms with Gasteiger partial charge in [0.25, 0.3) is 0 Å². The minimum absolute atomic E-state index is 0.166. The molecule has 0 aliphatic carbocycles. The number of aromatic nitrogens is 4. The summed E-state index contributed by atoms with van der Waals surface area (Å²) in [5, 5.41) is 11.9. The summed E-state index contributed by atoms with van der Waals surface area (Å²) in [7, 11) is 0. The van der Waals surface area contributed by atoms with Crippen molar-refractivity contribution < 1.29 is 8.60 Å². The largest absolute Gasteiger partial charge is 0.347 e. The van der Waals surface area contributed by atoms with Gasteiger partial charge in [-0.05, 0) is 61.7 Å². The Kier molecular flexibility index (Phi) is 5.70. The number of benzene rings is 2. The van der Waals surface area contributed by atoms with Gasteiger partial charge in [0.15, 0.2) is 0 Å². The normalized spacial score (nSPS) is 21.1. The van der Waals surface area contributed by atoms with Crippen LogP contribution in [0.3, 0.4) is 0 Å². The first kappa shape index (κ1) is 22.4. The van der Waals surface area contributed by atoms with Crippen LogP contribution in [0.2, 0.25) is 0 Å². The molecule has 2 aromatic heterocycles. The van der Waals surface area contributed by atoms with Gasteiger partial charge >= 0.3 is 0 Å². The first-order valence-electron chi connectivity index (χ1n) is 10.3. The molecular weight excluding hydrogens is 655 g/mol. The maximum Gasteiger partial charge on any atom is 0.123 e. The van der Waals surface area contributed by atoms with Gasteiger partial charge in [0.1, 0.15) is 11.5 Å². The van der Waals surface area contributed by atoms with E-state index in [-0.39, 0.29) is 11.9 Å². The molecule has 3 heterocycles. The van der Waals surface area contributed by atoms with Gasteiger partial charge in [-0.3, -0.25) is 0 Å². The van der Waals surface area contributed by atoms with Crippen LogP contribution in [0, 0.1) is 11.7 Å². The predicted octanol–water partition coefficient (Wildman–Crippen LogP) is 5.77. The number of hydrogen-bond acceptors (Lipinski definition) is 3. The van der Waals surface area contributed by atoms with Gasteiger partial charge in [-0.25, -0.2) is 12.9 Å². The van der Waals surface area contributed by atoms with E-state index in [1.807, 2.05) is 0 Å². The van der Waals surface area contributed by atoms with Crippen molar-refractivity contribution in [3.63, 3.8) is 0 Å². The third kappa shape index (κ3) is 4.03. The lowest BCUT2D eigenvalue weighted by molar-refractivity contribution is 0.427. The molecule has 0 bridgehead atoms. The molecule has 0 radical (unpaired) electrons. The third-order valence-electron chi connectivity index (χ3n) is 6.12. The highest BCUT2D eigenvalue weighted by Gasteiger charge is 2.46. The van der Waals surface area contributed by atoms with Gasteiger partial charge < -0.3 is 4.57 Å². The Hall–Kier alpha value is -1.38. The molecule has 0 unspecified atom stereocenters. The monoisotopic (exact) mass is 677 g/mol. The molecule has 1 N–H and O–H groups in total. The Morgan fingerprint density at radius 1 is 1.19 bits per heavy atom. The highest BCUT2D eigenvalue weighted by Crippen LogP contribution is 2.56. The molecule has 2 aromatic carbocycles. The molecule has 5 rings (SSSR count). The molecule has 1 aliphatic rings. The summed E-state index contributed by atoms with van der Waals surface area (Å²) in [6.45, 7) is 3.71. The van der Waals surface area contributed by atoms with E-state index in [1.54, 1.807) is 18.3 Å². The summed E-state index contributed by atoms with van der Waals surface area (Å²) in [6, 6.07) is 14.7. The van der Waals surface area contributed by atoms with Crippen molar-refractivity contribution in [2.75, 3.05) is 6.54 Å². The van der Waals surface area contributed by atoms with Crippen molar-refractivity contribution in [2.45, 2.75) is 30.8 Å². The predicted molar refractivity (Wildman–Crippen MR) is 142 cm³/mol. The summed E-state index contributed by atoms with van der Waals surface area (Å²) >= 11 is 4.18. The van der Waals surface area contributed by atoms with E-state index >= 15 is 0 Å². The maximum absolute atomic E-state index is 14.2. The lowest BCUT2D eigenvalue weighted by atomic mass is 10.1. The van der Waals surface area contributed by atoms with E-state index in [9.17, 15) is 8.60 Å². The van der Waals surface area contributed by atoms with Gasteiger partial charge in [0.2, 0.25) is 0 Å². The fourth-order valence-corrected chi connectivity index (χ4v) is 11.6. The van der Waals surface area contributed by atoms with Gasteiger partial charge in [-0.2, -0.15) is 15.4 Å². The van der Waals surface area contributed by atoms with Crippen LogP contribution in [0.25, 0.3) is 22.2 Å². The van der Waals surface area contributed by atoms with Crippen molar-refractivity contribution >= 4 is 56.9 Å². The van der Waals surface area contributed by atoms with E-state index in [0.29, 0.717) is 10.8 Å². The van der Waals surface area contributed by atoms with Crippen LogP contribution >= 0.6 is 42.4 Å². The second-order valence-electron chi connectivity index (χ2n) is 8.33. The Labute approximate surface area is 209 Å². The Morgan fingerprint density at radius 3 is 2.69 bits per heavy atom. The molecule has 0 saturated carbocycles. The SMILES string of the molecule is C[C@@H]1C[C@H](Cn2ccc3cc(-c4cn[nH]n4)ccc32)CN1S(=O)(I)(I)c1ccc(F)cc1. The van der Waals surface area contributed by atoms with Crippen LogP contribution < -0.4 is 0 Å². The van der Waals surface area contributed by atoms with Crippen molar-refractivity contribution in [3.05, 3.63) is 66.7 Å². The number of H-pyrrole nitrogens is 1. The minimum Gasteiger partial charge on any atom is -0.347 e. The number of halogens is 3. The average molecular weight is 677 g/mol. The zero-order valence-corrected chi connectivity index (χ0v) is 22.4. The van der Waals surface area contributed by atoms with Crippen LogP contribution in [0.15, 0.2) is 65.8 Å². The number of aromatic amines is 1. The van der Waals surface area contributed by atoms with E-state index < -0.39 is 3.59 Å². The molecule has 6 nitrogen and oxygen atoms in total. The lowest BCUT2D eigenvalue weighted by Gasteiger charge is -2.41. The lowest BCUT2D eigenvalue weighted by Crippen LogP contribution is -2.42. The van der Waals surface area contributed by atoms with Crippen molar-refractivity contribution in [1.82, 2.24) is 24.3 Å². The molecule has 4 aromatic rings. The van der Waals surface area contributed by atoms with Gasteiger partial charge in [-0.15, -0.1) is 0 Å². The minimum atomic E-state index is -3.33. The van der Waals surface area contributed by atoms with Gasteiger partial charge in [-0.1, -0.05) is 6.07 Å². The standard InChI is InChI=1S/C22H22FI2N5OS/c1-15-10-16(14-30(15)32(24,25,31)20-5-3-19(23)4-6-20)13-29-9-8-18-11-17(2-7-22(18)29)21-12-26-28-27-21/h2-9,11-12,15-16H,10,13-14H2,1H3,(H,26,27,28)/t15-,16-/m1/s1. The van der Waals surface area contributed by atoms with Crippen molar-refractivity contribution in [3.8, 4) is 11.3 Å². The second kappa shape index (κ2) is 8.13. The summed E-state index contributed by atoms with van der Waals surface area (Å²) in [5.74, 6) is 0.0495. The highest BCUT2D eigenvalue weighted by molar-refractivity contribution is 14.3. The molecule has 0 amide bonds. The fraction of sp³-hybridized carbons (Fsp3) is 0.273. The van der Waals surface area contributed by atoms with Gasteiger partial charge in [0, 0.05) is 89.1 Å². The Balaban J connectivity index is 1.38. The molecule has 1 fully saturated rings. The van der Waals surface area contributed by atoms with Crippen molar-refractivity contribution in [1.29, 1.82) is 0 Å².